The molecular formula is C17H28O3. The minimum absolute atomic E-state index is 0.182. The lowest BCUT2D eigenvalue weighted by Gasteiger charge is -2.26. The molecule has 0 aromatic heterocycles. The van der Waals surface area contributed by atoms with Gasteiger partial charge >= 0.3 is 5.97 Å². The Morgan fingerprint density at radius 1 is 1.05 bits per heavy atom. The van der Waals surface area contributed by atoms with Gasteiger partial charge in [-0.15, -0.1) is 0 Å². The summed E-state index contributed by atoms with van der Waals surface area (Å²) in [6.45, 7) is 8.69. The Morgan fingerprint density at radius 3 is 2.20 bits per heavy atom. The van der Waals surface area contributed by atoms with Crippen molar-refractivity contribution < 1.29 is 14.3 Å². The van der Waals surface area contributed by atoms with Crippen molar-refractivity contribution in [2.45, 2.75) is 53.4 Å². The topological polar surface area (TPSA) is 43.4 Å². The van der Waals surface area contributed by atoms with E-state index < -0.39 is 0 Å². The van der Waals surface area contributed by atoms with Crippen LogP contribution in [0.2, 0.25) is 0 Å². The molecule has 0 amide bonds. The van der Waals surface area contributed by atoms with E-state index in [0.717, 1.165) is 6.42 Å². The van der Waals surface area contributed by atoms with Gasteiger partial charge in [-0.2, -0.15) is 0 Å². The number of esters is 1. The molecule has 0 radical (unpaired) electrons. The summed E-state index contributed by atoms with van der Waals surface area (Å²) in [5, 5.41) is 0. The van der Waals surface area contributed by atoms with Crippen molar-refractivity contribution in [2.24, 2.45) is 23.7 Å². The van der Waals surface area contributed by atoms with E-state index in [2.05, 4.69) is 13.8 Å². The third kappa shape index (κ3) is 5.48. The van der Waals surface area contributed by atoms with E-state index in [0.29, 0.717) is 37.7 Å². The van der Waals surface area contributed by atoms with Gasteiger partial charge in [0.1, 0.15) is 5.78 Å². The predicted octanol–water partition coefficient (Wildman–Crippen LogP) is 3.77. The molecule has 1 aliphatic rings. The molecule has 1 aliphatic carbocycles. The maximum absolute atomic E-state index is 12.3. The van der Waals surface area contributed by atoms with Crippen molar-refractivity contribution in [1.29, 1.82) is 0 Å². The largest absolute Gasteiger partial charge is 0.465 e. The van der Waals surface area contributed by atoms with Crippen LogP contribution >= 0.6 is 0 Å². The van der Waals surface area contributed by atoms with Crippen LogP contribution in [0.4, 0.5) is 0 Å². The average molecular weight is 280 g/mol. The highest BCUT2D eigenvalue weighted by Gasteiger charge is 2.34. The molecule has 0 unspecified atom stereocenters. The predicted molar refractivity (Wildman–Crippen MR) is 80.2 cm³/mol. The van der Waals surface area contributed by atoms with E-state index in [1.54, 1.807) is 0 Å². The fraction of sp³-hybridized carbons (Fsp3) is 0.765. The van der Waals surface area contributed by atoms with Crippen molar-refractivity contribution in [3.8, 4) is 0 Å². The first-order valence-electron chi connectivity index (χ1n) is 7.76. The molecule has 2 atom stereocenters. The number of carbonyl (C=O) groups is 2. The number of rotatable bonds is 7. The summed E-state index contributed by atoms with van der Waals surface area (Å²) >= 11 is 0. The smallest absolute Gasteiger partial charge is 0.310 e. The maximum atomic E-state index is 12.3. The molecule has 3 heteroatoms. The first-order valence-corrected chi connectivity index (χ1v) is 7.76. The van der Waals surface area contributed by atoms with Gasteiger partial charge in [-0.25, -0.2) is 0 Å². The van der Waals surface area contributed by atoms with E-state index in [4.69, 9.17) is 4.74 Å². The van der Waals surface area contributed by atoms with E-state index in [-0.39, 0.29) is 23.6 Å². The first-order chi connectivity index (χ1) is 9.41. The second-order valence-corrected chi connectivity index (χ2v) is 6.58. The fourth-order valence-corrected chi connectivity index (χ4v) is 2.40. The first kappa shape index (κ1) is 16.9. The Bertz CT molecular complexity index is 321. The van der Waals surface area contributed by atoms with Gasteiger partial charge in [0, 0.05) is 12.3 Å². The molecule has 3 nitrogen and oxygen atoms in total. The minimum Gasteiger partial charge on any atom is -0.465 e. The summed E-state index contributed by atoms with van der Waals surface area (Å²) in [6.07, 6.45) is 6.79. The van der Waals surface area contributed by atoms with Crippen LogP contribution in [0, 0.1) is 23.7 Å². The summed E-state index contributed by atoms with van der Waals surface area (Å²) in [7, 11) is 0. The summed E-state index contributed by atoms with van der Waals surface area (Å²) < 4.78 is 5.32. The van der Waals surface area contributed by atoms with Crippen molar-refractivity contribution >= 4 is 11.8 Å². The molecule has 0 heterocycles. The van der Waals surface area contributed by atoms with Crippen LogP contribution in [0.1, 0.15) is 53.4 Å². The third-order valence-corrected chi connectivity index (χ3v) is 3.68. The molecule has 114 valence electrons. The molecule has 0 aliphatic heterocycles. The molecule has 0 aromatic carbocycles. The van der Waals surface area contributed by atoms with Crippen LogP contribution in [0.15, 0.2) is 12.2 Å². The highest BCUT2D eigenvalue weighted by atomic mass is 16.5. The number of carbonyl (C=O) groups excluding carboxylic acids is 2. The SMILES string of the molecule is CC(C)CCC(=O)[C@@H]1CC=CC[C@@H]1C(=O)OCC(C)C. The zero-order valence-corrected chi connectivity index (χ0v) is 13.2. The Hall–Kier alpha value is -1.12. The molecule has 0 aromatic rings. The Balaban J connectivity index is 2.60. The van der Waals surface area contributed by atoms with Gasteiger partial charge in [0.05, 0.1) is 12.5 Å². The number of ketones is 1. The lowest BCUT2D eigenvalue weighted by Crippen LogP contribution is -2.33. The molecule has 0 fully saturated rings. The molecule has 1 rings (SSSR count). The Kier molecular flexibility index (Phi) is 6.97. The second-order valence-electron chi connectivity index (χ2n) is 6.58. The summed E-state index contributed by atoms with van der Waals surface area (Å²) in [5.41, 5.74) is 0. The quantitative estimate of drug-likeness (QED) is 0.526. The van der Waals surface area contributed by atoms with Crippen molar-refractivity contribution in [3.05, 3.63) is 12.2 Å². The molecule has 20 heavy (non-hydrogen) atoms. The number of allylic oxidation sites excluding steroid dienone is 2. The number of Topliss-reactive ketones (excluding diaryl/α,β-unsaturated/α-hetero) is 1. The van der Waals surface area contributed by atoms with Gasteiger partial charge in [0.15, 0.2) is 0 Å². The van der Waals surface area contributed by atoms with E-state index in [1.807, 2.05) is 26.0 Å². The molecule has 0 bridgehead atoms. The Morgan fingerprint density at radius 2 is 1.65 bits per heavy atom. The van der Waals surface area contributed by atoms with E-state index in [9.17, 15) is 9.59 Å². The normalized spacial score (nSPS) is 22.3. The third-order valence-electron chi connectivity index (χ3n) is 3.68. The number of ether oxygens (including phenoxy) is 1. The lowest BCUT2D eigenvalue weighted by molar-refractivity contribution is -0.154. The van der Waals surface area contributed by atoms with Crippen molar-refractivity contribution in [2.75, 3.05) is 6.61 Å². The monoisotopic (exact) mass is 280 g/mol. The van der Waals surface area contributed by atoms with Crippen LogP contribution in [0.3, 0.4) is 0 Å². The minimum atomic E-state index is -0.279. The zero-order chi connectivity index (χ0) is 15.1. The fourth-order valence-electron chi connectivity index (χ4n) is 2.40. The molecule has 0 N–H and O–H groups in total. The van der Waals surface area contributed by atoms with Gasteiger partial charge in [0.2, 0.25) is 0 Å². The van der Waals surface area contributed by atoms with Gasteiger partial charge < -0.3 is 4.74 Å². The van der Waals surface area contributed by atoms with Gasteiger partial charge in [-0.3, -0.25) is 9.59 Å². The number of hydrogen-bond donors (Lipinski definition) is 0. The molecule has 0 saturated carbocycles. The number of hydrogen-bond acceptors (Lipinski definition) is 3. The van der Waals surface area contributed by atoms with Crippen LogP contribution in [0.5, 0.6) is 0 Å². The van der Waals surface area contributed by atoms with Crippen LogP contribution in [0.25, 0.3) is 0 Å². The summed E-state index contributed by atoms with van der Waals surface area (Å²) in [5.74, 6) is 0.398. The highest BCUT2D eigenvalue weighted by molar-refractivity contribution is 5.87. The highest BCUT2D eigenvalue weighted by Crippen LogP contribution is 2.29. The maximum Gasteiger partial charge on any atom is 0.310 e. The van der Waals surface area contributed by atoms with Gasteiger partial charge in [0.25, 0.3) is 0 Å². The lowest BCUT2D eigenvalue weighted by atomic mass is 9.78. The second kappa shape index (κ2) is 8.23. The van der Waals surface area contributed by atoms with Crippen LogP contribution < -0.4 is 0 Å². The van der Waals surface area contributed by atoms with Crippen molar-refractivity contribution in [1.82, 2.24) is 0 Å². The van der Waals surface area contributed by atoms with Crippen molar-refractivity contribution in [3.63, 3.8) is 0 Å². The van der Waals surface area contributed by atoms with Gasteiger partial charge in [-0.1, -0.05) is 39.8 Å². The van der Waals surface area contributed by atoms with E-state index >= 15 is 0 Å². The van der Waals surface area contributed by atoms with Crippen LogP contribution in [-0.4, -0.2) is 18.4 Å². The standard InChI is InChI=1S/C17H28O3/c1-12(2)9-10-16(18)14-7-5-6-8-15(14)17(19)20-11-13(3)4/h5-6,12-15H,7-11H2,1-4H3/t14-,15+/m1/s1. The summed E-state index contributed by atoms with van der Waals surface area (Å²) in [6, 6.07) is 0. The molecule has 0 saturated heterocycles. The Labute approximate surface area is 122 Å². The zero-order valence-electron chi connectivity index (χ0n) is 13.2. The average Bonchev–Trinajstić information content (AvgIpc) is 2.42. The molecule has 0 spiro atoms. The summed E-state index contributed by atoms with van der Waals surface area (Å²) in [4.78, 5) is 24.5. The van der Waals surface area contributed by atoms with E-state index in [1.165, 1.54) is 0 Å². The molecular weight excluding hydrogens is 252 g/mol. The van der Waals surface area contributed by atoms with Gasteiger partial charge in [-0.05, 0) is 31.1 Å². The van der Waals surface area contributed by atoms with Crippen LogP contribution in [-0.2, 0) is 14.3 Å².